The van der Waals surface area contributed by atoms with Crippen LogP contribution in [0.15, 0.2) is 18.2 Å². The molecule has 0 aromatic heterocycles. The summed E-state index contributed by atoms with van der Waals surface area (Å²) in [6.45, 7) is 13.4. The van der Waals surface area contributed by atoms with Crippen molar-refractivity contribution in [1.82, 2.24) is 5.32 Å². The number of methoxy groups -OCH3 is 1. The number of rotatable bonds is 17. The highest BCUT2D eigenvalue weighted by Gasteiger charge is 2.24. The zero-order valence-corrected chi connectivity index (χ0v) is 25.2. The largest absolute Gasteiger partial charge is 0.508 e. The van der Waals surface area contributed by atoms with E-state index >= 15 is 0 Å². The lowest BCUT2D eigenvalue weighted by molar-refractivity contribution is -0.143. The lowest BCUT2D eigenvalue weighted by Gasteiger charge is -2.21. The molecule has 1 aromatic carbocycles. The van der Waals surface area contributed by atoms with Gasteiger partial charge in [0.15, 0.2) is 11.5 Å². The first-order valence-corrected chi connectivity index (χ1v) is 14.1. The Labute approximate surface area is 238 Å². The summed E-state index contributed by atoms with van der Waals surface area (Å²) < 4.78 is 26.5. The Hall–Kier alpha value is -3.14. The SMILES string of the molecule is CCC(C)CC(=O)Oc1ccc(C[C@H](NCC(C)OC(=O)OC(C)CC)C(=O)OC)cc1OC(=O)CC(C)CC. The number of ether oxygens (including phenoxy) is 5. The molecule has 0 saturated heterocycles. The molecule has 10 heteroatoms. The number of hydrogen-bond donors (Lipinski definition) is 1. The maximum Gasteiger partial charge on any atom is 0.508 e. The fourth-order valence-corrected chi connectivity index (χ4v) is 3.44. The molecule has 4 unspecified atom stereocenters. The van der Waals surface area contributed by atoms with E-state index in [0.717, 1.165) is 12.8 Å². The van der Waals surface area contributed by atoms with Crippen LogP contribution in [0.5, 0.6) is 11.5 Å². The first-order chi connectivity index (χ1) is 18.9. The van der Waals surface area contributed by atoms with Gasteiger partial charge in [-0.05, 0) is 56.2 Å². The molecule has 0 aliphatic rings. The second-order valence-electron chi connectivity index (χ2n) is 10.4. The lowest BCUT2D eigenvalue weighted by atomic mass is 10.0. The monoisotopic (exact) mass is 565 g/mol. The Kier molecular flexibility index (Phi) is 15.9. The van der Waals surface area contributed by atoms with Crippen LogP contribution in [0.25, 0.3) is 0 Å². The van der Waals surface area contributed by atoms with Gasteiger partial charge in [-0.15, -0.1) is 0 Å². The van der Waals surface area contributed by atoms with E-state index in [2.05, 4.69) is 5.32 Å². The summed E-state index contributed by atoms with van der Waals surface area (Å²) in [6.07, 6.45) is 1.31. The van der Waals surface area contributed by atoms with Crippen molar-refractivity contribution in [3.05, 3.63) is 23.8 Å². The number of carbonyl (C=O) groups is 4. The van der Waals surface area contributed by atoms with Crippen LogP contribution in [-0.4, -0.2) is 56.0 Å². The van der Waals surface area contributed by atoms with Gasteiger partial charge < -0.3 is 29.0 Å². The summed E-state index contributed by atoms with van der Waals surface area (Å²) in [5, 5.41) is 3.06. The van der Waals surface area contributed by atoms with Crippen molar-refractivity contribution < 1.29 is 42.9 Å². The predicted octanol–water partition coefficient (Wildman–Crippen LogP) is 5.38. The highest BCUT2D eigenvalue weighted by atomic mass is 16.7. The van der Waals surface area contributed by atoms with Gasteiger partial charge in [0.2, 0.25) is 0 Å². The molecule has 1 N–H and O–H groups in total. The summed E-state index contributed by atoms with van der Waals surface area (Å²) >= 11 is 0. The Morgan fingerprint density at radius 3 is 1.85 bits per heavy atom. The Morgan fingerprint density at radius 2 is 1.32 bits per heavy atom. The molecule has 5 atom stereocenters. The average Bonchev–Trinajstić information content (AvgIpc) is 2.91. The fourth-order valence-electron chi connectivity index (χ4n) is 3.44. The van der Waals surface area contributed by atoms with Crippen LogP contribution < -0.4 is 14.8 Å². The van der Waals surface area contributed by atoms with E-state index < -0.39 is 36.2 Å². The third kappa shape index (κ3) is 13.3. The maximum atomic E-state index is 12.6. The van der Waals surface area contributed by atoms with Crippen molar-refractivity contribution >= 4 is 24.1 Å². The van der Waals surface area contributed by atoms with Crippen molar-refractivity contribution in [2.75, 3.05) is 13.7 Å². The topological polar surface area (TPSA) is 126 Å². The minimum atomic E-state index is -0.788. The number of esters is 3. The molecule has 10 nitrogen and oxygen atoms in total. The predicted molar refractivity (Wildman–Crippen MR) is 150 cm³/mol. The van der Waals surface area contributed by atoms with Gasteiger partial charge in [0, 0.05) is 19.4 Å². The van der Waals surface area contributed by atoms with E-state index in [1.165, 1.54) is 7.11 Å². The van der Waals surface area contributed by atoms with Crippen molar-refractivity contribution in [3.63, 3.8) is 0 Å². The molecule has 1 rings (SSSR count). The molecule has 0 fully saturated rings. The summed E-state index contributed by atoms with van der Waals surface area (Å²) in [5.74, 6) is -0.853. The van der Waals surface area contributed by atoms with Gasteiger partial charge in [0.25, 0.3) is 0 Å². The van der Waals surface area contributed by atoms with Crippen LogP contribution in [0.1, 0.15) is 86.1 Å². The van der Waals surface area contributed by atoms with Crippen molar-refractivity contribution in [1.29, 1.82) is 0 Å². The molecule has 0 radical (unpaired) electrons. The van der Waals surface area contributed by atoms with Crippen LogP contribution in [-0.2, 0) is 35.0 Å². The van der Waals surface area contributed by atoms with Gasteiger partial charge >= 0.3 is 24.1 Å². The molecular weight excluding hydrogens is 518 g/mol. The maximum absolute atomic E-state index is 12.6. The second-order valence-corrected chi connectivity index (χ2v) is 10.4. The van der Waals surface area contributed by atoms with E-state index in [-0.39, 0.29) is 55.2 Å². The highest BCUT2D eigenvalue weighted by molar-refractivity contribution is 5.77. The van der Waals surface area contributed by atoms with Gasteiger partial charge in [-0.1, -0.05) is 53.5 Å². The average molecular weight is 566 g/mol. The van der Waals surface area contributed by atoms with Gasteiger partial charge in [0.1, 0.15) is 18.2 Å². The Morgan fingerprint density at radius 1 is 0.775 bits per heavy atom. The van der Waals surface area contributed by atoms with Crippen molar-refractivity contribution in [2.24, 2.45) is 11.8 Å². The zero-order valence-electron chi connectivity index (χ0n) is 25.2. The normalized spacial score (nSPS) is 14.7. The van der Waals surface area contributed by atoms with E-state index in [1.807, 2.05) is 34.6 Å². The third-order valence-electron chi connectivity index (χ3n) is 6.63. The molecule has 1 aromatic rings. The van der Waals surface area contributed by atoms with Crippen LogP contribution in [0.3, 0.4) is 0 Å². The van der Waals surface area contributed by atoms with Crippen molar-refractivity contribution in [3.8, 4) is 11.5 Å². The Bertz CT molecular complexity index is 964. The molecule has 40 heavy (non-hydrogen) atoms. The smallest absolute Gasteiger partial charge is 0.468 e. The van der Waals surface area contributed by atoms with Crippen LogP contribution in [0, 0.1) is 11.8 Å². The minimum Gasteiger partial charge on any atom is -0.468 e. The van der Waals surface area contributed by atoms with Crippen molar-refractivity contribution in [2.45, 2.75) is 105 Å². The van der Waals surface area contributed by atoms with E-state index in [4.69, 9.17) is 23.7 Å². The van der Waals surface area contributed by atoms with Gasteiger partial charge in [-0.2, -0.15) is 0 Å². The number of benzene rings is 1. The zero-order chi connectivity index (χ0) is 30.2. The second kappa shape index (κ2) is 18.3. The number of carbonyl (C=O) groups excluding carboxylic acids is 4. The highest BCUT2D eigenvalue weighted by Crippen LogP contribution is 2.31. The van der Waals surface area contributed by atoms with E-state index in [1.54, 1.807) is 32.0 Å². The van der Waals surface area contributed by atoms with Crippen LogP contribution >= 0.6 is 0 Å². The lowest BCUT2D eigenvalue weighted by Crippen LogP contribution is -2.43. The molecule has 0 amide bonds. The summed E-state index contributed by atoms with van der Waals surface area (Å²) in [5.41, 5.74) is 0.640. The first kappa shape index (κ1) is 34.9. The molecular formula is C30H47NO9. The number of nitrogens with one attached hydrogen (secondary N) is 1. The molecule has 226 valence electrons. The molecule has 0 saturated carbocycles. The van der Waals surface area contributed by atoms with Crippen LogP contribution in [0.4, 0.5) is 4.79 Å². The molecule has 0 aliphatic carbocycles. The Balaban J connectivity index is 3.06. The fraction of sp³-hybridized carbons (Fsp3) is 0.667. The molecule has 0 aliphatic heterocycles. The van der Waals surface area contributed by atoms with Gasteiger partial charge in [-0.25, -0.2) is 4.79 Å². The number of hydrogen-bond acceptors (Lipinski definition) is 10. The molecule has 0 heterocycles. The standard InChI is InChI=1S/C30H47NO9/c1-9-19(4)14-27(32)39-25-13-12-23(17-26(25)40-28(33)15-20(5)10-2)16-24(29(34)36-8)31-18-22(7)38-30(35)37-21(6)11-3/h12-13,17,19-22,24,31H,9-11,14-16,18H2,1-8H3/t19?,20?,21?,22?,24-/m0/s1. The summed E-state index contributed by atoms with van der Waals surface area (Å²) in [7, 11) is 1.28. The summed E-state index contributed by atoms with van der Waals surface area (Å²) in [4.78, 5) is 49.5. The third-order valence-corrected chi connectivity index (χ3v) is 6.63. The van der Waals surface area contributed by atoms with E-state index in [0.29, 0.717) is 12.0 Å². The molecule has 0 bridgehead atoms. The van der Waals surface area contributed by atoms with Crippen LogP contribution in [0.2, 0.25) is 0 Å². The van der Waals surface area contributed by atoms with Gasteiger partial charge in [0.05, 0.1) is 7.11 Å². The first-order valence-electron chi connectivity index (χ1n) is 14.1. The van der Waals surface area contributed by atoms with Gasteiger partial charge in [-0.3, -0.25) is 14.4 Å². The quantitative estimate of drug-likeness (QED) is 0.194. The minimum absolute atomic E-state index is 0.108. The summed E-state index contributed by atoms with van der Waals surface area (Å²) in [6, 6.07) is 4.05. The van der Waals surface area contributed by atoms with E-state index in [9.17, 15) is 19.2 Å². The molecule has 0 spiro atoms.